The van der Waals surface area contributed by atoms with E-state index >= 15 is 0 Å². The van der Waals surface area contributed by atoms with Crippen LogP contribution >= 0.6 is 0 Å². The Morgan fingerprint density at radius 1 is 0.641 bits per heavy atom. The summed E-state index contributed by atoms with van der Waals surface area (Å²) in [5, 5.41) is 26.0. The average Bonchev–Trinajstić information content (AvgIpc) is 2.98. The maximum absolute atomic E-state index is 13.9. The van der Waals surface area contributed by atoms with Gasteiger partial charge in [0.2, 0.25) is 0 Å². The molecule has 0 spiro atoms. The summed E-state index contributed by atoms with van der Waals surface area (Å²) in [7, 11) is 0. The topological polar surface area (TPSA) is 79.7 Å². The molecular formula is C34H25NO4. The highest BCUT2D eigenvalue weighted by Crippen LogP contribution is 2.45. The van der Waals surface area contributed by atoms with Gasteiger partial charge in [-0.15, -0.1) is 0 Å². The number of hydrogen-bond donors (Lipinski definition) is 2. The lowest BCUT2D eigenvalue weighted by atomic mass is 9.89. The molecule has 0 amide bonds. The van der Waals surface area contributed by atoms with E-state index in [9.17, 15) is 15.0 Å². The van der Waals surface area contributed by atoms with Crippen LogP contribution in [-0.2, 0) is 4.79 Å². The number of ether oxygens (including phenoxy) is 1. The van der Waals surface area contributed by atoms with Crippen molar-refractivity contribution in [2.24, 2.45) is 0 Å². The number of aliphatic hydroxyl groups is 1. The maximum atomic E-state index is 13.9. The van der Waals surface area contributed by atoms with Gasteiger partial charge >= 0.3 is 5.97 Å². The lowest BCUT2D eigenvalue weighted by Gasteiger charge is -2.23. The van der Waals surface area contributed by atoms with E-state index in [-0.39, 0.29) is 5.75 Å². The van der Waals surface area contributed by atoms with E-state index in [1.165, 1.54) is 0 Å². The number of rotatable bonds is 6. The number of esters is 1. The molecule has 0 unspecified atom stereocenters. The molecule has 0 saturated carbocycles. The second-order valence-corrected chi connectivity index (χ2v) is 9.38. The number of fused-ring (bicyclic) bond motifs is 2. The average molecular weight is 512 g/mol. The van der Waals surface area contributed by atoms with E-state index in [0.717, 1.165) is 21.5 Å². The monoisotopic (exact) mass is 511 g/mol. The molecule has 0 bridgehead atoms. The zero-order chi connectivity index (χ0) is 26.8. The first-order valence-electron chi connectivity index (χ1n) is 12.7. The van der Waals surface area contributed by atoms with Gasteiger partial charge in [0.25, 0.3) is 0 Å². The summed E-state index contributed by atoms with van der Waals surface area (Å²) < 4.78 is 6.15. The van der Waals surface area contributed by atoms with E-state index in [1.54, 1.807) is 48.8 Å². The Bertz CT molecular complexity index is 1780. The molecule has 1 aromatic heterocycles. The summed E-state index contributed by atoms with van der Waals surface area (Å²) in [6.45, 7) is 0. The maximum Gasteiger partial charge on any atom is 0.321 e. The van der Waals surface area contributed by atoms with Crippen LogP contribution in [0.15, 0.2) is 128 Å². The number of aromatic nitrogens is 1. The third-order valence-corrected chi connectivity index (χ3v) is 7.03. The molecule has 0 aliphatic heterocycles. The first kappa shape index (κ1) is 24.3. The highest BCUT2D eigenvalue weighted by molar-refractivity contribution is 6.10. The fourth-order valence-electron chi connectivity index (χ4n) is 5.15. The van der Waals surface area contributed by atoms with Crippen LogP contribution in [0.4, 0.5) is 0 Å². The van der Waals surface area contributed by atoms with Crippen molar-refractivity contribution in [2.45, 2.75) is 12.0 Å². The van der Waals surface area contributed by atoms with Crippen LogP contribution in [0.25, 0.3) is 32.7 Å². The Morgan fingerprint density at radius 3 is 1.92 bits per heavy atom. The quantitative estimate of drug-likeness (QED) is 0.183. The minimum atomic E-state index is -1.15. The molecule has 39 heavy (non-hydrogen) atoms. The molecule has 0 saturated heterocycles. The largest absolute Gasteiger partial charge is 0.507 e. The Morgan fingerprint density at radius 2 is 1.23 bits per heavy atom. The summed E-state index contributed by atoms with van der Waals surface area (Å²) in [6, 6.07) is 35.2. The van der Waals surface area contributed by atoms with Gasteiger partial charge in [-0.2, -0.15) is 0 Å². The Labute approximate surface area is 225 Å². The summed E-state index contributed by atoms with van der Waals surface area (Å²) in [5.41, 5.74) is 2.38. The molecule has 5 nitrogen and oxygen atoms in total. The van der Waals surface area contributed by atoms with Gasteiger partial charge in [0.1, 0.15) is 17.4 Å². The van der Waals surface area contributed by atoms with Crippen molar-refractivity contribution < 1.29 is 19.7 Å². The molecule has 190 valence electrons. The zero-order valence-electron chi connectivity index (χ0n) is 20.9. The number of aliphatic hydroxyl groups excluding tert-OH is 1. The zero-order valence-corrected chi connectivity index (χ0v) is 20.9. The molecule has 1 heterocycles. The van der Waals surface area contributed by atoms with Crippen molar-refractivity contribution in [3.63, 3.8) is 0 Å². The van der Waals surface area contributed by atoms with Crippen molar-refractivity contribution in [1.29, 1.82) is 0 Å². The second-order valence-electron chi connectivity index (χ2n) is 9.38. The fourth-order valence-corrected chi connectivity index (χ4v) is 5.15. The highest BCUT2D eigenvalue weighted by Gasteiger charge is 2.32. The van der Waals surface area contributed by atoms with Crippen molar-refractivity contribution in [2.75, 3.05) is 0 Å². The molecule has 2 N–H and O–H groups in total. The Hall–Kier alpha value is -5.00. The van der Waals surface area contributed by atoms with Gasteiger partial charge in [-0.05, 0) is 56.9 Å². The van der Waals surface area contributed by atoms with Crippen LogP contribution in [0.5, 0.6) is 11.5 Å². The number of phenolic OH excluding ortho intramolecular Hbond substituents is 1. The lowest BCUT2D eigenvalue weighted by molar-refractivity contribution is -0.139. The molecule has 2 atom stereocenters. The number of phenols is 1. The fraction of sp³-hybridized carbons (Fsp3) is 0.0588. The first-order chi connectivity index (χ1) is 19.1. The molecular weight excluding hydrogens is 486 g/mol. The van der Waals surface area contributed by atoms with E-state index in [4.69, 9.17) is 4.74 Å². The van der Waals surface area contributed by atoms with Crippen LogP contribution in [0.1, 0.15) is 23.1 Å². The van der Waals surface area contributed by atoms with Crippen molar-refractivity contribution in [3.05, 3.63) is 139 Å². The summed E-state index contributed by atoms with van der Waals surface area (Å²) in [5.74, 6) is -1.22. The minimum absolute atomic E-state index is 0.0822. The van der Waals surface area contributed by atoms with Crippen molar-refractivity contribution in [1.82, 2.24) is 4.98 Å². The van der Waals surface area contributed by atoms with Gasteiger partial charge in [0, 0.05) is 23.5 Å². The molecule has 0 fully saturated rings. The standard InChI is InChI=1S/C34H25NO4/c36-28-16-14-22-8-4-6-12-26(22)31(28)32-27-13-7-5-9-23(27)15-17-29(32)39-34(38)30(24-10-2-1-3-11-24)33(37)25-18-20-35-21-19-25/h1-21,30,33,36-37H/t30-,33+/m0/s1. The van der Waals surface area contributed by atoms with Gasteiger partial charge in [0.15, 0.2) is 0 Å². The van der Waals surface area contributed by atoms with Gasteiger partial charge in [-0.3, -0.25) is 9.78 Å². The molecule has 5 heteroatoms. The summed E-state index contributed by atoms with van der Waals surface area (Å²) in [4.78, 5) is 18.0. The third-order valence-electron chi connectivity index (χ3n) is 7.03. The number of carbonyl (C=O) groups excluding carboxylic acids is 1. The number of carbonyl (C=O) groups is 1. The normalized spacial score (nSPS) is 12.7. The van der Waals surface area contributed by atoms with Gasteiger partial charge in [-0.1, -0.05) is 91.0 Å². The Balaban J connectivity index is 1.52. The van der Waals surface area contributed by atoms with Crippen LogP contribution in [0.3, 0.4) is 0 Å². The number of pyridine rings is 1. The van der Waals surface area contributed by atoms with E-state index < -0.39 is 18.0 Å². The minimum Gasteiger partial charge on any atom is -0.507 e. The van der Waals surface area contributed by atoms with Crippen molar-refractivity contribution >= 4 is 27.5 Å². The molecule has 6 rings (SSSR count). The van der Waals surface area contributed by atoms with Crippen LogP contribution in [0.2, 0.25) is 0 Å². The molecule has 0 aliphatic rings. The predicted octanol–water partition coefficient (Wildman–Crippen LogP) is 7.18. The SMILES string of the molecule is O=C(Oc1ccc2ccccc2c1-c1c(O)ccc2ccccc12)[C@@H](c1ccccc1)[C@H](O)c1ccncc1. The van der Waals surface area contributed by atoms with Gasteiger partial charge < -0.3 is 14.9 Å². The number of benzene rings is 5. The molecule has 0 radical (unpaired) electrons. The Kier molecular flexibility index (Phi) is 6.49. The van der Waals surface area contributed by atoms with E-state index in [1.807, 2.05) is 78.9 Å². The number of nitrogens with zero attached hydrogens (tertiary/aromatic N) is 1. The number of aromatic hydroxyl groups is 1. The van der Waals surface area contributed by atoms with Crippen LogP contribution in [-0.4, -0.2) is 21.2 Å². The molecule has 5 aromatic carbocycles. The first-order valence-corrected chi connectivity index (χ1v) is 12.7. The van der Waals surface area contributed by atoms with Gasteiger partial charge in [0.05, 0.1) is 6.10 Å². The number of hydrogen-bond acceptors (Lipinski definition) is 5. The van der Waals surface area contributed by atoms with Gasteiger partial charge in [-0.25, -0.2) is 0 Å². The highest BCUT2D eigenvalue weighted by atomic mass is 16.5. The second kappa shape index (κ2) is 10.4. The van der Waals surface area contributed by atoms with E-state index in [0.29, 0.717) is 28.0 Å². The predicted molar refractivity (Wildman–Crippen MR) is 153 cm³/mol. The van der Waals surface area contributed by atoms with E-state index in [2.05, 4.69) is 4.98 Å². The molecule has 0 aliphatic carbocycles. The third kappa shape index (κ3) is 4.60. The van der Waals surface area contributed by atoms with Crippen molar-refractivity contribution in [3.8, 4) is 22.6 Å². The summed E-state index contributed by atoms with van der Waals surface area (Å²) in [6.07, 6.45) is 2.01. The van der Waals surface area contributed by atoms with Crippen LogP contribution < -0.4 is 4.74 Å². The smallest absolute Gasteiger partial charge is 0.321 e. The summed E-state index contributed by atoms with van der Waals surface area (Å²) >= 11 is 0. The van der Waals surface area contributed by atoms with Crippen LogP contribution in [0, 0.1) is 0 Å². The lowest BCUT2D eigenvalue weighted by Crippen LogP contribution is -2.25. The molecule has 6 aromatic rings.